The van der Waals surface area contributed by atoms with E-state index in [9.17, 15) is 0 Å². The standard InChI is InChI=1S/C11H14BrN5S/c1-7-8(18-6-16-7)4-17(3)11-9(12)10(13-2)14-5-15-11/h5-6H,4H2,1-3H3,(H,13,14,15). The van der Waals surface area contributed by atoms with E-state index in [1.807, 2.05) is 26.5 Å². The minimum atomic E-state index is 0.785. The molecule has 2 aromatic rings. The van der Waals surface area contributed by atoms with Crippen LogP contribution in [0.25, 0.3) is 0 Å². The SMILES string of the molecule is CNc1ncnc(N(C)Cc2scnc2C)c1Br. The van der Waals surface area contributed by atoms with Crippen molar-refractivity contribution >= 4 is 38.9 Å². The molecule has 96 valence electrons. The highest BCUT2D eigenvalue weighted by Crippen LogP contribution is 2.29. The monoisotopic (exact) mass is 327 g/mol. The van der Waals surface area contributed by atoms with Crippen molar-refractivity contribution in [1.29, 1.82) is 0 Å². The van der Waals surface area contributed by atoms with Crippen molar-refractivity contribution < 1.29 is 0 Å². The average Bonchev–Trinajstić information content (AvgIpc) is 2.75. The molecule has 0 radical (unpaired) electrons. The molecule has 0 spiro atoms. The summed E-state index contributed by atoms with van der Waals surface area (Å²) in [6.45, 7) is 2.81. The van der Waals surface area contributed by atoms with Crippen LogP contribution in [0.3, 0.4) is 0 Å². The summed E-state index contributed by atoms with van der Waals surface area (Å²) < 4.78 is 0.872. The van der Waals surface area contributed by atoms with Crippen LogP contribution in [-0.4, -0.2) is 29.0 Å². The van der Waals surface area contributed by atoms with Gasteiger partial charge < -0.3 is 10.2 Å². The van der Waals surface area contributed by atoms with Crippen LogP contribution >= 0.6 is 27.3 Å². The van der Waals surface area contributed by atoms with Gasteiger partial charge in [0.1, 0.15) is 22.4 Å². The van der Waals surface area contributed by atoms with E-state index in [2.05, 4.69) is 41.1 Å². The minimum absolute atomic E-state index is 0.785. The molecule has 2 rings (SSSR count). The molecular formula is C11H14BrN5S. The van der Waals surface area contributed by atoms with Crippen molar-refractivity contribution in [3.8, 4) is 0 Å². The number of anilines is 2. The average molecular weight is 328 g/mol. The number of rotatable bonds is 4. The number of hydrogen-bond donors (Lipinski definition) is 1. The fourth-order valence-electron chi connectivity index (χ4n) is 1.57. The number of aryl methyl sites for hydroxylation is 1. The minimum Gasteiger partial charge on any atom is -0.372 e. The Morgan fingerprint density at radius 2 is 2.17 bits per heavy atom. The first-order valence-electron chi connectivity index (χ1n) is 5.41. The molecule has 0 atom stereocenters. The van der Waals surface area contributed by atoms with Gasteiger partial charge in [0.05, 0.1) is 17.7 Å². The van der Waals surface area contributed by atoms with Gasteiger partial charge in [-0.2, -0.15) is 0 Å². The fraction of sp³-hybridized carbons (Fsp3) is 0.364. The van der Waals surface area contributed by atoms with E-state index in [0.717, 1.165) is 28.3 Å². The zero-order valence-corrected chi connectivity index (χ0v) is 12.8. The van der Waals surface area contributed by atoms with Gasteiger partial charge in [0.15, 0.2) is 0 Å². The van der Waals surface area contributed by atoms with Gasteiger partial charge in [-0.25, -0.2) is 15.0 Å². The summed E-state index contributed by atoms with van der Waals surface area (Å²) in [6.07, 6.45) is 1.56. The maximum Gasteiger partial charge on any atom is 0.148 e. The Hall–Kier alpha value is -1.21. The second kappa shape index (κ2) is 5.62. The molecule has 2 heterocycles. The first kappa shape index (κ1) is 13.2. The fourth-order valence-corrected chi connectivity index (χ4v) is 3.10. The Morgan fingerprint density at radius 1 is 1.39 bits per heavy atom. The van der Waals surface area contributed by atoms with Crippen molar-refractivity contribution in [3.05, 3.63) is 26.9 Å². The smallest absolute Gasteiger partial charge is 0.148 e. The quantitative estimate of drug-likeness (QED) is 0.935. The Bertz CT molecular complexity index is 542. The molecule has 0 fully saturated rings. The largest absolute Gasteiger partial charge is 0.372 e. The molecule has 18 heavy (non-hydrogen) atoms. The maximum absolute atomic E-state index is 4.31. The Kier molecular flexibility index (Phi) is 4.13. The molecule has 0 amide bonds. The van der Waals surface area contributed by atoms with Gasteiger partial charge in [0.25, 0.3) is 0 Å². The summed E-state index contributed by atoms with van der Waals surface area (Å²) in [4.78, 5) is 16.0. The van der Waals surface area contributed by atoms with Crippen LogP contribution in [-0.2, 0) is 6.54 Å². The molecule has 0 bridgehead atoms. The summed E-state index contributed by atoms with van der Waals surface area (Å²) >= 11 is 5.18. The molecule has 0 aliphatic carbocycles. The lowest BCUT2D eigenvalue weighted by Gasteiger charge is -2.19. The number of halogens is 1. The Labute approximate surface area is 118 Å². The van der Waals surface area contributed by atoms with Crippen LogP contribution < -0.4 is 10.2 Å². The number of nitrogens with zero attached hydrogens (tertiary/aromatic N) is 4. The zero-order chi connectivity index (χ0) is 13.1. The van der Waals surface area contributed by atoms with E-state index in [1.165, 1.54) is 4.88 Å². The van der Waals surface area contributed by atoms with E-state index in [4.69, 9.17) is 0 Å². The van der Waals surface area contributed by atoms with Crippen molar-refractivity contribution in [2.75, 3.05) is 24.3 Å². The van der Waals surface area contributed by atoms with E-state index in [-0.39, 0.29) is 0 Å². The predicted molar refractivity (Wildman–Crippen MR) is 78.2 cm³/mol. The van der Waals surface area contributed by atoms with Crippen LogP contribution in [0.4, 0.5) is 11.6 Å². The van der Waals surface area contributed by atoms with E-state index in [1.54, 1.807) is 17.7 Å². The third-order valence-corrected chi connectivity index (χ3v) is 4.25. The first-order valence-corrected chi connectivity index (χ1v) is 7.09. The second-order valence-corrected chi connectivity index (χ2v) is 5.56. The van der Waals surface area contributed by atoms with E-state index in [0.29, 0.717) is 0 Å². The van der Waals surface area contributed by atoms with Crippen molar-refractivity contribution in [2.24, 2.45) is 0 Å². The maximum atomic E-state index is 4.31. The zero-order valence-electron chi connectivity index (χ0n) is 10.4. The molecule has 7 heteroatoms. The Morgan fingerprint density at radius 3 is 2.78 bits per heavy atom. The second-order valence-electron chi connectivity index (χ2n) is 3.83. The lowest BCUT2D eigenvalue weighted by atomic mass is 10.3. The van der Waals surface area contributed by atoms with Gasteiger partial charge in [0, 0.05) is 19.0 Å². The third kappa shape index (κ3) is 2.62. The molecule has 0 aromatic carbocycles. The molecule has 0 unspecified atom stereocenters. The number of aromatic nitrogens is 3. The highest BCUT2D eigenvalue weighted by atomic mass is 79.9. The van der Waals surface area contributed by atoms with E-state index >= 15 is 0 Å². The lowest BCUT2D eigenvalue weighted by molar-refractivity contribution is 0.890. The van der Waals surface area contributed by atoms with Crippen molar-refractivity contribution in [2.45, 2.75) is 13.5 Å². The molecule has 0 aliphatic heterocycles. The molecular weight excluding hydrogens is 314 g/mol. The van der Waals surface area contributed by atoms with E-state index < -0.39 is 0 Å². The van der Waals surface area contributed by atoms with Gasteiger partial charge >= 0.3 is 0 Å². The topological polar surface area (TPSA) is 53.9 Å². The highest BCUT2D eigenvalue weighted by molar-refractivity contribution is 9.10. The van der Waals surface area contributed by atoms with Crippen LogP contribution in [0.15, 0.2) is 16.3 Å². The molecule has 1 N–H and O–H groups in total. The molecule has 0 aliphatic rings. The summed E-state index contributed by atoms with van der Waals surface area (Å²) in [5.74, 6) is 1.65. The van der Waals surface area contributed by atoms with Crippen LogP contribution in [0.1, 0.15) is 10.6 Å². The molecule has 0 saturated carbocycles. The molecule has 5 nitrogen and oxygen atoms in total. The summed E-state index contributed by atoms with van der Waals surface area (Å²) in [6, 6.07) is 0. The van der Waals surface area contributed by atoms with Gasteiger partial charge in [-0.3, -0.25) is 0 Å². The molecule has 2 aromatic heterocycles. The normalized spacial score (nSPS) is 10.4. The van der Waals surface area contributed by atoms with Crippen LogP contribution in [0.5, 0.6) is 0 Å². The van der Waals surface area contributed by atoms with Gasteiger partial charge in [-0.1, -0.05) is 0 Å². The highest BCUT2D eigenvalue weighted by Gasteiger charge is 2.13. The first-order chi connectivity index (χ1) is 8.63. The summed E-state index contributed by atoms with van der Waals surface area (Å²) in [5, 5.41) is 3.03. The predicted octanol–water partition coefficient (Wildman–Crippen LogP) is 2.68. The third-order valence-electron chi connectivity index (χ3n) is 2.60. The molecule has 0 saturated heterocycles. The van der Waals surface area contributed by atoms with Crippen molar-refractivity contribution in [3.63, 3.8) is 0 Å². The van der Waals surface area contributed by atoms with Crippen LogP contribution in [0.2, 0.25) is 0 Å². The van der Waals surface area contributed by atoms with Gasteiger partial charge in [0.2, 0.25) is 0 Å². The van der Waals surface area contributed by atoms with Crippen LogP contribution in [0, 0.1) is 6.92 Å². The lowest BCUT2D eigenvalue weighted by Crippen LogP contribution is -2.18. The number of thiazole rings is 1. The number of nitrogens with one attached hydrogen (secondary N) is 1. The van der Waals surface area contributed by atoms with Crippen molar-refractivity contribution in [1.82, 2.24) is 15.0 Å². The Balaban J connectivity index is 2.24. The van der Waals surface area contributed by atoms with Gasteiger partial charge in [-0.05, 0) is 22.9 Å². The summed E-state index contributed by atoms with van der Waals surface area (Å²) in [7, 11) is 3.84. The van der Waals surface area contributed by atoms with Gasteiger partial charge in [-0.15, -0.1) is 11.3 Å². The summed E-state index contributed by atoms with van der Waals surface area (Å²) in [5.41, 5.74) is 2.94. The number of hydrogen-bond acceptors (Lipinski definition) is 6.